The Hall–Kier alpha value is -1.80. The number of nitrogens with one attached hydrogen (secondary N) is 1. The largest absolute Gasteiger partial charge is 0.469 e. The van der Waals surface area contributed by atoms with Crippen molar-refractivity contribution in [2.45, 2.75) is 75.0 Å². The van der Waals surface area contributed by atoms with E-state index in [1.54, 1.807) is 11.8 Å². The number of pyridine rings is 1. The Morgan fingerprint density at radius 2 is 2.03 bits per heavy atom. The van der Waals surface area contributed by atoms with Crippen molar-refractivity contribution in [1.82, 2.24) is 10.3 Å². The lowest BCUT2D eigenvalue weighted by molar-refractivity contribution is -0.141. The molecule has 5 fully saturated rings. The van der Waals surface area contributed by atoms with Crippen molar-refractivity contribution in [2.75, 3.05) is 30.9 Å². The highest BCUT2D eigenvalue weighted by molar-refractivity contribution is 7.99. The Morgan fingerprint density at radius 1 is 1.26 bits per heavy atom. The summed E-state index contributed by atoms with van der Waals surface area (Å²) in [5.41, 5.74) is 0.157. The summed E-state index contributed by atoms with van der Waals surface area (Å²) in [6.45, 7) is 3.77. The summed E-state index contributed by atoms with van der Waals surface area (Å²) in [7, 11) is 1.43. The minimum Gasteiger partial charge on any atom is -0.469 e. The van der Waals surface area contributed by atoms with Gasteiger partial charge < -0.3 is 20.1 Å². The van der Waals surface area contributed by atoms with Crippen molar-refractivity contribution in [3.63, 3.8) is 0 Å². The van der Waals surface area contributed by atoms with E-state index in [2.05, 4.69) is 17.1 Å². The third kappa shape index (κ3) is 4.81. The molecule has 1 aliphatic heterocycles. The van der Waals surface area contributed by atoms with Crippen molar-refractivity contribution in [2.24, 2.45) is 23.7 Å². The van der Waals surface area contributed by atoms with Crippen LogP contribution in [-0.4, -0.2) is 59.6 Å². The molecule has 4 bridgehead atoms. The standard InChI is InChI=1S/C26H37N3O4S/c1-3-8-34-25-20(4-5-21(27-25)29-7-6-16(15-29)11-22(30)33-2)24(31)28-23-18-9-17-10-19(23)14-26(32,12-17)13-18/h4-5,16-19,23,32H,3,6-15H2,1-2H3,(H,28,31). The highest BCUT2D eigenvalue weighted by atomic mass is 32.2. The van der Waals surface area contributed by atoms with Crippen LogP contribution >= 0.6 is 11.8 Å². The van der Waals surface area contributed by atoms with Crippen LogP contribution in [0, 0.1) is 23.7 Å². The molecule has 3 unspecified atom stereocenters. The maximum Gasteiger partial charge on any atom is 0.305 e. The third-order valence-corrected chi connectivity index (χ3v) is 9.56. The summed E-state index contributed by atoms with van der Waals surface area (Å²) in [5, 5.41) is 15.0. The molecule has 4 saturated carbocycles. The molecule has 8 heteroatoms. The number of methoxy groups -OCH3 is 1. The van der Waals surface area contributed by atoms with Gasteiger partial charge in [0.1, 0.15) is 10.8 Å². The second-order valence-electron chi connectivity index (χ2n) is 10.9. The first kappa shape index (κ1) is 23.9. The quantitative estimate of drug-likeness (QED) is 0.427. The van der Waals surface area contributed by atoms with E-state index in [1.165, 1.54) is 7.11 Å². The molecule has 7 nitrogen and oxygen atoms in total. The summed E-state index contributed by atoms with van der Waals surface area (Å²) in [4.78, 5) is 32.2. The van der Waals surface area contributed by atoms with Gasteiger partial charge in [0.15, 0.2) is 0 Å². The third-order valence-electron chi connectivity index (χ3n) is 8.36. The fraction of sp³-hybridized carbons (Fsp3) is 0.731. The van der Waals surface area contributed by atoms with Gasteiger partial charge in [0.05, 0.1) is 24.7 Å². The van der Waals surface area contributed by atoms with E-state index < -0.39 is 5.60 Å². The van der Waals surface area contributed by atoms with Gasteiger partial charge in [0.25, 0.3) is 5.91 Å². The Labute approximate surface area is 206 Å². The second kappa shape index (κ2) is 9.69. The maximum atomic E-state index is 13.4. The van der Waals surface area contributed by atoms with E-state index in [4.69, 9.17) is 9.72 Å². The van der Waals surface area contributed by atoms with Crippen molar-refractivity contribution < 1.29 is 19.4 Å². The smallest absolute Gasteiger partial charge is 0.305 e. The molecule has 1 aromatic rings. The molecule has 34 heavy (non-hydrogen) atoms. The molecule has 2 N–H and O–H groups in total. The first-order valence-corrected chi connectivity index (χ1v) is 13.8. The van der Waals surface area contributed by atoms with Crippen LogP contribution in [0.3, 0.4) is 0 Å². The molecular formula is C26H37N3O4S. The van der Waals surface area contributed by atoms with Gasteiger partial charge in [0.2, 0.25) is 0 Å². The Balaban J connectivity index is 1.29. The van der Waals surface area contributed by atoms with Gasteiger partial charge in [-0.05, 0) is 86.5 Å². The number of carbonyl (C=O) groups excluding carboxylic acids is 2. The number of hydrogen-bond donors (Lipinski definition) is 2. The van der Waals surface area contributed by atoms with Gasteiger partial charge in [-0.1, -0.05) is 6.92 Å². The SMILES string of the molecule is CCCSc1nc(N2CCC(CC(=O)OC)C2)ccc1C(=O)NC1C2CC3CC1CC(O)(C3)C2. The fourth-order valence-corrected chi connectivity index (χ4v) is 7.93. The van der Waals surface area contributed by atoms with E-state index in [9.17, 15) is 14.7 Å². The molecule has 1 amide bonds. The zero-order chi connectivity index (χ0) is 23.9. The number of esters is 1. The average Bonchev–Trinajstić information content (AvgIpc) is 3.27. The molecule has 3 atom stereocenters. The summed E-state index contributed by atoms with van der Waals surface area (Å²) < 4.78 is 4.83. The number of carbonyl (C=O) groups is 2. The molecule has 5 aliphatic rings. The normalized spacial score (nSPS) is 33.9. The van der Waals surface area contributed by atoms with Crippen molar-refractivity contribution in [3.05, 3.63) is 17.7 Å². The fourth-order valence-electron chi connectivity index (χ4n) is 7.06. The molecule has 1 saturated heterocycles. The van der Waals surface area contributed by atoms with Crippen LogP contribution in [0.1, 0.15) is 68.6 Å². The second-order valence-corrected chi connectivity index (χ2v) is 12.0. The lowest BCUT2D eigenvalue weighted by atomic mass is 9.52. The minimum atomic E-state index is -0.496. The average molecular weight is 488 g/mol. The van der Waals surface area contributed by atoms with Gasteiger partial charge in [-0.2, -0.15) is 0 Å². The zero-order valence-corrected chi connectivity index (χ0v) is 21.1. The molecule has 0 aromatic carbocycles. The van der Waals surface area contributed by atoms with E-state index in [0.717, 1.165) is 74.6 Å². The highest BCUT2D eigenvalue weighted by Crippen LogP contribution is 2.55. The zero-order valence-electron chi connectivity index (χ0n) is 20.3. The number of thioether (sulfide) groups is 1. The summed E-state index contributed by atoms with van der Waals surface area (Å²) in [5.74, 6) is 3.25. The summed E-state index contributed by atoms with van der Waals surface area (Å²) in [6, 6.07) is 4.03. The van der Waals surface area contributed by atoms with E-state index in [-0.39, 0.29) is 23.8 Å². The maximum absolute atomic E-state index is 13.4. The van der Waals surface area contributed by atoms with Crippen LogP contribution in [-0.2, 0) is 9.53 Å². The number of ether oxygens (including phenoxy) is 1. The number of aromatic nitrogens is 1. The highest BCUT2D eigenvalue weighted by Gasteiger charge is 2.55. The molecule has 0 spiro atoms. The van der Waals surface area contributed by atoms with Gasteiger partial charge in [0, 0.05) is 19.1 Å². The molecule has 1 aromatic heterocycles. The van der Waals surface area contributed by atoms with Crippen LogP contribution in [0.15, 0.2) is 17.2 Å². The van der Waals surface area contributed by atoms with Crippen LogP contribution in [0.2, 0.25) is 0 Å². The molecule has 2 heterocycles. The Kier molecular flexibility index (Phi) is 6.81. The van der Waals surface area contributed by atoms with Crippen LogP contribution in [0.4, 0.5) is 5.82 Å². The van der Waals surface area contributed by atoms with Gasteiger partial charge in [-0.15, -0.1) is 11.8 Å². The Bertz CT molecular complexity index is 925. The van der Waals surface area contributed by atoms with Gasteiger partial charge >= 0.3 is 5.97 Å². The number of nitrogens with zero attached hydrogens (tertiary/aromatic N) is 2. The van der Waals surface area contributed by atoms with E-state index in [1.807, 2.05) is 12.1 Å². The lowest BCUT2D eigenvalue weighted by Gasteiger charge is -2.58. The van der Waals surface area contributed by atoms with Crippen molar-refractivity contribution in [1.29, 1.82) is 0 Å². The summed E-state index contributed by atoms with van der Waals surface area (Å²) in [6.07, 6.45) is 7.22. The van der Waals surface area contributed by atoms with E-state index >= 15 is 0 Å². The number of aliphatic hydroxyl groups is 1. The van der Waals surface area contributed by atoms with E-state index in [0.29, 0.717) is 29.7 Å². The van der Waals surface area contributed by atoms with Gasteiger partial charge in [-0.25, -0.2) is 4.98 Å². The predicted molar refractivity (Wildman–Crippen MR) is 132 cm³/mol. The first-order valence-electron chi connectivity index (χ1n) is 12.9. The van der Waals surface area contributed by atoms with Crippen molar-refractivity contribution in [3.8, 4) is 0 Å². The molecule has 0 radical (unpaired) electrons. The molecule has 6 rings (SSSR count). The predicted octanol–water partition coefficient (Wildman–Crippen LogP) is 3.64. The number of hydrogen-bond acceptors (Lipinski definition) is 7. The number of amides is 1. The van der Waals surface area contributed by atoms with Crippen LogP contribution < -0.4 is 10.2 Å². The monoisotopic (exact) mass is 487 g/mol. The van der Waals surface area contributed by atoms with Crippen LogP contribution in [0.5, 0.6) is 0 Å². The van der Waals surface area contributed by atoms with Crippen LogP contribution in [0.25, 0.3) is 0 Å². The van der Waals surface area contributed by atoms with Crippen molar-refractivity contribution >= 4 is 29.5 Å². The molecule has 186 valence electrons. The molecular weight excluding hydrogens is 450 g/mol. The van der Waals surface area contributed by atoms with Gasteiger partial charge in [-0.3, -0.25) is 9.59 Å². The summed E-state index contributed by atoms with van der Waals surface area (Å²) >= 11 is 1.64. The Morgan fingerprint density at radius 3 is 2.71 bits per heavy atom. The number of rotatable bonds is 8. The lowest BCUT2D eigenvalue weighted by Crippen LogP contribution is -2.61. The number of anilines is 1. The molecule has 4 aliphatic carbocycles. The minimum absolute atomic E-state index is 0.0351. The topological polar surface area (TPSA) is 91.8 Å². The first-order chi connectivity index (χ1) is 16.4.